The summed E-state index contributed by atoms with van der Waals surface area (Å²) < 4.78 is 0. The molecule has 2 aromatic rings. The summed E-state index contributed by atoms with van der Waals surface area (Å²) in [5.74, 6) is -0.835. The fourth-order valence-corrected chi connectivity index (χ4v) is 4.17. The van der Waals surface area contributed by atoms with Crippen molar-refractivity contribution in [3.8, 4) is 6.07 Å². The largest absolute Gasteiger partial charge is 0.324 e. The third-order valence-corrected chi connectivity index (χ3v) is 6.25. The first-order valence-electron chi connectivity index (χ1n) is 8.76. The lowest BCUT2D eigenvalue weighted by Gasteiger charge is -2.25. The van der Waals surface area contributed by atoms with E-state index in [0.29, 0.717) is 21.3 Å². The van der Waals surface area contributed by atoms with Crippen molar-refractivity contribution in [2.24, 2.45) is 0 Å². The van der Waals surface area contributed by atoms with Gasteiger partial charge in [-0.15, -0.1) is 0 Å². The van der Waals surface area contributed by atoms with Gasteiger partial charge in [0.2, 0.25) is 11.8 Å². The molecule has 29 heavy (non-hydrogen) atoms. The van der Waals surface area contributed by atoms with Crippen LogP contribution in [0.15, 0.2) is 53.1 Å². The SMILES string of the molecule is Cc1ccc([C@@H]2CC(=O)NC(SCC(=O)Nc3cccc(Cl)c3Cl)=C2C#N)cc1. The van der Waals surface area contributed by atoms with Crippen LogP contribution in [-0.2, 0) is 9.59 Å². The van der Waals surface area contributed by atoms with Gasteiger partial charge in [-0.05, 0) is 24.6 Å². The Bertz CT molecular complexity index is 1030. The van der Waals surface area contributed by atoms with Crippen LogP contribution in [0.3, 0.4) is 0 Å². The second-order valence-corrected chi connectivity index (χ2v) is 8.28. The number of rotatable bonds is 5. The lowest BCUT2D eigenvalue weighted by Crippen LogP contribution is -2.31. The van der Waals surface area contributed by atoms with Gasteiger partial charge in [0, 0.05) is 12.3 Å². The maximum atomic E-state index is 12.3. The molecule has 0 spiro atoms. The Morgan fingerprint density at radius 2 is 2.00 bits per heavy atom. The van der Waals surface area contributed by atoms with E-state index in [1.807, 2.05) is 31.2 Å². The average molecular weight is 446 g/mol. The zero-order valence-electron chi connectivity index (χ0n) is 15.5. The Morgan fingerprint density at radius 1 is 1.28 bits per heavy atom. The molecule has 0 radical (unpaired) electrons. The summed E-state index contributed by atoms with van der Waals surface area (Å²) in [7, 11) is 0. The Balaban J connectivity index is 1.76. The minimum absolute atomic E-state index is 0.00422. The molecule has 1 heterocycles. The highest BCUT2D eigenvalue weighted by Crippen LogP contribution is 2.36. The van der Waals surface area contributed by atoms with E-state index in [9.17, 15) is 14.9 Å². The minimum Gasteiger partial charge on any atom is -0.324 e. The third-order valence-electron chi connectivity index (χ3n) is 4.41. The van der Waals surface area contributed by atoms with Gasteiger partial charge in [-0.1, -0.05) is 70.9 Å². The number of nitrogens with zero attached hydrogens (tertiary/aromatic N) is 1. The van der Waals surface area contributed by atoms with E-state index in [1.165, 1.54) is 0 Å². The number of nitriles is 1. The van der Waals surface area contributed by atoms with Gasteiger partial charge in [0.25, 0.3) is 0 Å². The molecule has 3 rings (SSSR count). The van der Waals surface area contributed by atoms with Crippen LogP contribution in [0.2, 0.25) is 10.0 Å². The van der Waals surface area contributed by atoms with E-state index >= 15 is 0 Å². The van der Waals surface area contributed by atoms with Gasteiger partial charge >= 0.3 is 0 Å². The predicted molar refractivity (Wildman–Crippen MR) is 117 cm³/mol. The highest BCUT2D eigenvalue weighted by Gasteiger charge is 2.29. The molecule has 2 N–H and O–H groups in total. The van der Waals surface area contributed by atoms with Crippen molar-refractivity contribution >= 4 is 52.5 Å². The molecule has 8 heteroatoms. The molecule has 0 saturated carbocycles. The molecule has 0 unspecified atom stereocenters. The molecule has 0 aliphatic carbocycles. The Kier molecular flexibility index (Phi) is 6.86. The fraction of sp³-hybridized carbons (Fsp3) is 0.190. The predicted octanol–water partition coefficient (Wildman–Crippen LogP) is 5.01. The van der Waals surface area contributed by atoms with Crippen molar-refractivity contribution in [1.29, 1.82) is 5.26 Å². The molecule has 0 fully saturated rings. The number of amides is 2. The molecular weight excluding hydrogens is 429 g/mol. The van der Waals surface area contributed by atoms with Crippen LogP contribution in [0.4, 0.5) is 5.69 Å². The molecule has 148 valence electrons. The standard InChI is InChI=1S/C21H17Cl2N3O2S/c1-12-5-7-13(8-6-12)14-9-18(27)26-21(15(14)10-24)29-11-19(28)25-17-4-2-3-16(22)20(17)23/h2-8,14H,9,11H2,1H3,(H,25,28)(H,26,27)/t14-/m0/s1. The van der Waals surface area contributed by atoms with Gasteiger partial charge < -0.3 is 10.6 Å². The molecule has 2 aromatic carbocycles. The third kappa shape index (κ3) is 5.13. The maximum absolute atomic E-state index is 12.3. The molecule has 1 atom stereocenters. The fourth-order valence-electron chi connectivity index (χ4n) is 2.94. The topological polar surface area (TPSA) is 82.0 Å². The minimum atomic E-state index is -0.331. The van der Waals surface area contributed by atoms with Crippen molar-refractivity contribution in [2.45, 2.75) is 19.3 Å². The van der Waals surface area contributed by atoms with Crippen molar-refractivity contribution in [3.05, 3.63) is 74.2 Å². The lowest BCUT2D eigenvalue weighted by atomic mass is 9.87. The summed E-state index contributed by atoms with van der Waals surface area (Å²) in [6.07, 6.45) is 0.195. The molecule has 1 aliphatic rings. The van der Waals surface area contributed by atoms with Crippen LogP contribution >= 0.6 is 35.0 Å². The van der Waals surface area contributed by atoms with Crippen molar-refractivity contribution < 1.29 is 9.59 Å². The number of hydrogen-bond donors (Lipinski definition) is 2. The van der Waals surface area contributed by atoms with Crippen molar-refractivity contribution in [2.75, 3.05) is 11.1 Å². The maximum Gasteiger partial charge on any atom is 0.234 e. The number of benzene rings is 2. The quantitative estimate of drug-likeness (QED) is 0.677. The Morgan fingerprint density at radius 3 is 2.69 bits per heavy atom. The van der Waals surface area contributed by atoms with Crippen LogP contribution in [0.1, 0.15) is 23.5 Å². The highest BCUT2D eigenvalue weighted by molar-refractivity contribution is 8.03. The van der Waals surface area contributed by atoms with Gasteiger partial charge in [0.1, 0.15) is 0 Å². The summed E-state index contributed by atoms with van der Waals surface area (Å²) in [6.45, 7) is 1.98. The van der Waals surface area contributed by atoms with Crippen LogP contribution in [0.5, 0.6) is 0 Å². The Labute approximate surface area is 183 Å². The van der Waals surface area contributed by atoms with Crippen molar-refractivity contribution in [3.63, 3.8) is 0 Å². The number of allylic oxidation sites excluding steroid dienone is 1. The second kappa shape index (κ2) is 9.36. The van der Waals surface area contributed by atoms with Gasteiger partial charge in [0.05, 0.1) is 38.2 Å². The van der Waals surface area contributed by atoms with E-state index in [2.05, 4.69) is 16.7 Å². The number of hydrogen-bond acceptors (Lipinski definition) is 4. The summed E-state index contributed by atoms with van der Waals surface area (Å²) in [4.78, 5) is 24.5. The van der Waals surface area contributed by atoms with Gasteiger partial charge in [-0.2, -0.15) is 5.26 Å². The van der Waals surface area contributed by atoms with Gasteiger partial charge in [-0.3, -0.25) is 9.59 Å². The molecular formula is C21H17Cl2N3O2S. The Hall–Kier alpha value is -2.46. The number of carbonyl (C=O) groups is 2. The number of nitrogens with one attached hydrogen (secondary N) is 2. The highest BCUT2D eigenvalue weighted by atomic mass is 35.5. The van der Waals surface area contributed by atoms with Crippen LogP contribution in [0, 0.1) is 18.3 Å². The summed E-state index contributed by atoms with van der Waals surface area (Å²) in [5.41, 5.74) is 2.86. The van der Waals surface area contributed by atoms with Gasteiger partial charge in [0.15, 0.2) is 0 Å². The number of carbonyl (C=O) groups excluding carboxylic acids is 2. The number of thioether (sulfide) groups is 1. The smallest absolute Gasteiger partial charge is 0.234 e. The second-order valence-electron chi connectivity index (χ2n) is 6.51. The van der Waals surface area contributed by atoms with Gasteiger partial charge in [-0.25, -0.2) is 0 Å². The molecule has 2 amide bonds. The summed E-state index contributed by atoms with van der Waals surface area (Å²) in [6, 6.07) is 14.9. The average Bonchev–Trinajstić information content (AvgIpc) is 2.70. The number of halogens is 2. The van der Waals surface area contributed by atoms with E-state index in [0.717, 1.165) is 22.9 Å². The van der Waals surface area contributed by atoms with Crippen LogP contribution in [0.25, 0.3) is 0 Å². The molecule has 0 bridgehead atoms. The summed E-state index contributed by atoms with van der Waals surface area (Å²) in [5, 5.41) is 16.1. The van der Waals surface area contributed by atoms with E-state index in [4.69, 9.17) is 23.2 Å². The first kappa shape index (κ1) is 21.3. The summed E-state index contributed by atoms with van der Waals surface area (Å²) >= 11 is 13.2. The molecule has 0 aromatic heterocycles. The van der Waals surface area contributed by atoms with Crippen LogP contribution < -0.4 is 10.6 Å². The zero-order valence-corrected chi connectivity index (χ0v) is 17.8. The lowest BCUT2D eigenvalue weighted by molar-refractivity contribution is -0.121. The monoisotopic (exact) mass is 445 g/mol. The number of aryl methyl sites for hydroxylation is 1. The molecule has 0 saturated heterocycles. The normalized spacial score (nSPS) is 16.2. The van der Waals surface area contributed by atoms with E-state index in [-0.39, 0.29) is 34.9 Å². The molecule has 1 aliphatic heterocycles. The van der Waals surface area contributed by atoms with Crippen LogP contribution in [-0.4, -0.2) is 17.6 Å². The first-order chi connectivity index (χ1) is 13.9. The zero-order chi connectivity index (χ0) is 21.0. The van der Waals surface area contributed by atoms with E-state index < -0.39 is 0 Å². The first-order valence-corrected chi connectivity index (χ1v) is 10.5. The molecule has 5 nitrogen and oxygen atoms in total. The van der Waals surface area contributed by atoms with E-state index in [1.54, 1.807) is 18.2 Å². The van der Waals surface area contributed by atoms with Crippen molar-refractivity contribution in [1.82, 2.24) is 5.32 Å². The number of anilines is 1.